The third-order valence-electron chi connectivity index (χ3n) is 3.14. The molecule has 1 rings (SSSR count). The number of hydrogen-bond acceptors (Lipinski definition) is 1. The number of benzene rings is 1. The van der Waals surface area contributed by atoms with E-state index in [1.165, 1.54) is 6.07 Å². The van der Waals surface area contributed by atoms with E-state index in [4.69, 9.17) is 11.6 Å². The maximum absolute atomic E-state index is 13.5. The molecule has 0 aromatic heterocycles. The number of nitrogens with one attached hydrogen (secondary N) is 1. The Morgan fingerprint density at radius 1 is 1.35 bits per heavy atom. The summed E-state index contributed by atoms with van der Waals surface area (Å²) in [5.41, 5.74) is 0.870. The summed E-state index contributed by atoms with van der Waals surface area (Å²) in [7, 11) is 0. The van der Waals surface area contributed by atoms with Gasteiger partial charge in [-0.3, -0.25) is 0 Å². The Hall–Kier alpha value is -0.600. The van der Waals surface area contributed by atoms with Crippen molar-refractivity contribution in [2.24, 2.45) is 5.92 Å². The van der Waals surface area contributed by atoms with Crippen LogP contribution in [0.2, 0.25) is 5.02 Å². The Kier molecular flexibility index (Phi) is 5.93. The average Bonchev–Trinajstić information content (AvgIpc) is 2.34. The molecule has 17 heavy (non-hydrogen) atoms. The second kappa shape index (κ2) is 6.97. The number of rotatable bonds is 6. The Morgan fingerprint density at radius 3 is 2.65 bits per heavy atom. The molecule has 1 aromatic carbocycles. The molecule has 1 aromatic rings. The zero-order chi connectivity index (χ0) is 12.8. The molecule has 0 aliphatic heterocycles. The molecule has 2 unspecified atom stereocenters. The summed E-state index contributed by atoms with van der Waals surface area (Å²) in [6.07, 6.45) is 2.09. The summed E-state index contributed by atoms with van der Waals surface area (Å²) >= 11 is 6.05. The highest BCUT2D eigenvalue weighted by atomic mass is 35.5. The van der Waals surface area contributed by atoms with Crippen molar-refractivity contribution < 1.29 is 4.39 Å². The molecule has 0 bridgehead atoms. The zero-order valence-corrected chi connectivity index (χ0v) is 11.5. The highest BCUT2D eigenvalue weighted by molar-refractivity contribution is 6.31. The normalized spacial score (nSPS) is 14.6. The van der Waals surface area contributed by atoms with Gasteiger partial charge in [-0.25, -0.2) is 4.39 Å². The van der Waals surface area contributed by atoms with Crippen molar-refractivity contribution in [3.63, 3.8) is 0 Å². The highest BCUT2D eigenvalue weighted by Gasteiger charge is 2.20. The quantitative estimate of drug-likeness (QED) is 0.787. The molecule has 0 radical (unpaired) electrons. The summed E-state index contributed by atoms with van der Waals surface area (Å²) in [5.74, 6) is 0.0941. The van der Waals surface area contributed by atoms with Crippen LogP contribution in [0.1, 0.15) is 45.2 Å². The van der Waals surface area contributed by atoms with Crippen LogP contribution in [0.15, 0.2) is 18.2 Å². The predicted molar refractivity (Wildman–Crippen MR) is 71.9 cm³/mol. The summed E-state index contributed by atoms with van der Waals surface area (Å²) in [4.78, 5) is 0. The summed E-state index contributed by atoms with van der Waals surface area (Å²) in [5, 5.41) is 3.70. The first-order valence-electron chi connectivity index (χ1n) is 6.29. The first-order chi connectivity index (χ1) is 8.11. The number of hydrogen-bond donors (Lipinski definition) is 1. The molecule has 0 spiro atoms. The van der Waals surface area contributed by atoms with E-state index in [-0.39, 0.29) is 16.9 Å². The van der Waals surface area contributed by atoms with Gasteiger partial charge in [0.2, 0.25) is 0 Å². The molecule has 1 nitrogen and oxygen atoms in total. The largest absolute Gasteiger partial charge is 0.310 e. The van der Waals surface area contributed by atoms with Crippen molar-refractivity contribution in [3.05, 3.63) is 34.6 Å². The molecule has 0 amide bonds. The first kappa shape index (κ1) is 14.5. The van der Waals surface area contributed by atoms with Gasteiger partial charge in [-0.1, -0.05) is 50.9 Å². The van der Waals surface area contributed by atoms with Gasteiger partial charge in [0.1, 0.15) is 5.82 Å². The average molecular weight is 258 g/mol. The molecule has 0 aliphatic carbocycles. The van der Waals surface area contributed by atoms with Gasteiger partial charge in [-0.15, -0.1) is 0 Å². The van der Waals surface area contributed by atoms with Crippen LogP contribution in [0, 0.1) is 11.7 Å². The standard InChI is InChI=1S/C14H21ClFN/c1-4-9-17-14(10(3)5-2)11-7-6-8-12(16)13(11)15/h6-8,10,14,17H,4-5,9H2,1-3H3. The smallest absolute Gasteiger partial charge is 0.142 e. The van der Waals surface area contributed by atoms with Crippen LogP contribution in [-0.2, 0) is 0 Å². The Morgan fingerprint density at radius 2 is 2.06 bits per heavy atom. The molecule has 0 fully saturated rings. The maximum Gasteiger partial charge on any atom is 0.142 e. The van der Waals surface area contributed by atoms with Crippen molar-refractivity contribution in [1.82, 2.24) is 5.32 Å². The van der Waals surface area contributed by atoms with Crippen molar-refractivity contribution in [2.45, 2.75) is 39.7 Å². The molecule has 3 heteroatoms. The minimum atomic E-state index is -0.337. The van der Waals surface area contributed by atoms with Crippen LogP contribution >= 0.6 is 11.6 Å². The second-order valence-corrected chi connectivity index (χ2v) is 4.84. The summed E-state index contributed by atoms with van der Waals surface area (Å²) < 4.78 is 13.5. The molecule has 0 heterocycles. The minimum absolute atomic E-state index is 0.128. The van der Waals surface area contributed by atoms with Gasteiger partial charge in [0.15, 0.2) is 0 Å². The lowest BCUT2D eigenvalue weighted by atomic mass is 9.92. The lowest BCUT2D eigenvalue weighted by Gasteiger charge is -2.25. The topological polar surface area (TPSA) is 12.0 Å². The van der Waals surface area contributed by atoms with Gasteiger partial charge < -0.3 is 5.32 Å². The zero-order valence-electron chi connectivity index (χ0n) is 10.8. The molecule has 0 saturated carbocycles. The van der Waals surface area contributed by atoms with E-state index in [1.807, 2.05) is 6.07 Å². The van der Waals surface area contributed by atoms with E-state index in [2.05, 4.69) is 26.1 Å². The lowest BCUT2D eigenvalue weighted by molar-refractivity contribution is 0.376. The summed E-state index contributed by atoms with van der Waals surface area (Å²) in [6.45, 7) is 7.34. The lowest BCUT2D eigenvalue weighted by Crippen LogP contribution is -2.27. The highest BCUT2D eigenvalue weighted by Crippen LogP contribution is 2.31. The summed E-state index contributed by atoms with van der Waals surface area (Å²) in [6, 6.07) is 5.16. The molecule has 0 saturated heterocycles. The van der Waals surface area contributed by atoms with Crippen LogP contribution in [0.5, 0.6) is 0 Å². The van der Waals surface area contributed by atoms with Crippen molar-refractivity contribution in [3.8, 4) is 0 Å². The van der Waals surface area contributed by atoms with Gasteiger partial charge >= 0.3 is 0 Å². The fourth-order valence-corrected chi connectivity index (χ4v) is 2.16. The van der Waals surface area contributed by atoms with Gasteiger partial charge in [0.05, 0.1) is 5.02 Å². The minimum Gasteiger partial charge on any atom is -0.310 e. The molecule has 96 valence electrons. The van der Waals surface area contributed by atoms with E-state index in [0.29, 0.717) is 5.92 Å². The molecule has 0 aliphatic rings. The predicted octanol–water partition coefficient (Wildman–Crippen LogP) is 4.57. The van der Waals surface area contributed by atoms with Crippen LogP contribution in [0.3, 0.4) is 0 Å². The number of halogens is 2. The van der Waals surface area contributed by atoms with Gasteiger partial charge in [0, 0.05) is 6.04 Å². The fourth-order valence-electron chi connectivity index (χ4n) is 1.91. The van der Waals surface area contributed by atoms with Gasteiger partial charge in [-0.2, -0.15) is 0 Å². The van der Waals surface area contributed by atoms with Crippen molar-refractivity contribution in [1.29, 1.82) is 0 Å². The Balaban J connectivity index is 2.99. The van der Waals surface area contributed by atoms with Crippen LogP contribution in [-0.4, -0.2) is 6.54 Å². The van der Waals surface area contributed by atoms with Gasteiger partial charge in [0.25, 0.3) is 0 Å². The Bertz CT molecular complexity index is 354. The monoisotopic (exact) mass is 257 g/mol. The van der Waals surface area contributed by atoms with E-state index in [0.717, 1.165) is 24.9 Å². The molecular formula is C14H21ClFN. The maximum atomic E-state index is 13.5. The van der Waals surface area contributed by atoms with Crippen LogP contribution in [0.25, 0.3) is 0 Å². The molecular weight excluding hydrogens is 237 g/mol. The van der Waals surface area contributed by atoms with E-state index < -0.39 is 0 Å². The molecule has 2 atom stereocenters. The second-order valence-electron chi connectivity index (χ2n) is 4.46. The van der Waals surface area contributed by atoms with E-state index in [1.54, 1.807) is 6.07 Å². The van der Waals surface area contributed by atoms with Gasteiger partial charge in [-0.05, 0) is 30.5 Å². The van der Waals surface area contributed by atoms with E-state index >= 15 is 0 Å². The van der Waals surface area contributed by atoms with Crippen LogP contribution < -0.4 is 5.32 Å². The van der Waals surface area contributed by atoms with Crippen molar-refractivity contribution in [2.75, 3.05) is 6.54 Å². The van der Waals surface area contributed by atoms with E-state index in [9.17, 15) is 4.39 Å². The third kappa shape index (κ3) is 3.68. The van der Waals surface area contributed by atoms with Crippen molar-refractivity contribution >= 4 is 11.6 Å². The third-order valence-corrected chi connectivity index (χ3v) is 3.54. The van der Waals surface area contributed by atoms with Crippen LogP contribution in [0.4, 0.5) is 4.39 Å². The first-order valence-corrected chi connectivity index (χ1v) is 6.66. The fraction of sp³-hybridized carbons (Fsp3) is 0.571. The Labute approximate surface area is 108 Å². The molecule has 1 N–H and O–H groups in total. The SMILES string of the molecule is CCCNC(c1cccc(F)c1Cl)C(C)CC.